The topological polar surface area (TPSA) is 104 Å². The number of hydrogen-bond acceptors (Lipinski definition) is 7. The molecule has 1 unspecified atom stereocenters. The fourth-order valence-electron chi connectivity index (χ4n) is 3.00. The van der Waals surface area contributed by atoms with Gasteiger partial charge in [-0.3, -0.25) is 9.78 Å². The van der Waals surface area contributed by atoms with Gasteiger partial charge in [-0.1, -0.05) is 37.3 Å². The Labute approximate surface area is 165 Å². The summed E-state index contributed by atoms with van der Waals surface area (Å²) in [6.07, 6.45) is 1.59. The van der Waals surface area contributed by atoms with Crippen LogP contribution in [0, 0.1) is 0 Å². The smallest absolute Gasteiger partial charge is 0.258 e. The van der Waals surface area contributed by atoms with Crippen molar-refractivity contribution in [3.05, 3.63) is 69.7 Å². The number of nitrogens with one attached hydrogen (secondary N) is 2. The van der Waals surface area contributed by atoms with Crippen LogP contribution in [0.4, 0.5) is 5.13 Å². The number of aliphatic hydroxyl groups excluding tert-OH is 1. The van der Waals surface area contributed by atoms with Gasteiger partial charge in [0.1, 0.15) is 22.7 Å². The molecule has 0 bridgehead atoms. The molecule has 28 heavy (non-hydrogen) atoms. The quantitative estimate of drug-likeness (QED) is 0.465. The fourth-order valence-corrected chi connectivity index (χ4v) is 3.73. The number of aliphatic hydroxyl groups is 1. The summed E-state index contributed by atoms with van der Waals surface area (Å²) in [7, 11) is 0. The van der Waals surface area contributed by atoms with E-state index in [1.165, 1.54) is 11.3 Å². The number of rotatable bonds is 6. The van der Waals surface area contributed by atoms with Gasteiger partial charge in [-0.25, -0.2) is 9.97 Å². The summed E-state index contributed by atoms with van der Waals surface area (Å²) in [5.41, 5.74) is 2.62. The van der Waals surface area contributed by atoms with Crippen LogP contribution < -0.4 is 10.9 Å². The van der Waals surface area contributed by atoms with Crippen LogP contribution in [0.1, 0.15) is 24.2 Å². The molecule has 142 valence electrons. The third kappa shape index (κ3) is 3.51. The van der Waals surface area contributed by atoms with Gasteiger partial charge in [-0.15, -0.1) is 11.3 Å². The summed E-state index contributed by atoms with van der Waals surface area (Å²) >= 11 is 1.42. The first-order valence-corrected chi connectivity index (χ1v) is 9.80. The molecule has 0 amide bonds. The zero-order valence-corrected chi connectivity index (χ0v) is 16.0. The van der Waals surface area contributed by atoms with Crippen LogP contribution in [0.25, 0.3) is 22.3 Å². The van der Waals surface area contributed by atoms with E-state index >= 15 is 0 Å². The molecule has 0 aliphatic carbocycles. The zero-order chi connectivity index (χ0) is 19.5. The van der Waals surface area contributed by atoms with Crippen molar-refractivity contribution in [1.29, 1.82) is 0 Å². The number of pyridine rings is 1. The fraction of sp³-hybridized carbons (Fsp3) is 0.200. The van der Waals surface area contributed by atoms with Gasteiger partial charge in [0.15, 0.2) is 5.13 Å². The Kier molecular flexibility index (Phi) is 5.14. The molecule has 1 atom stereocenters. The first-order chi connectivity index (χ1) is 13.7. The van der Waals surface area contributed by atoms with Gasteiger partial charge in [-0.05, 0) is 11.6 Å². The molecule has 8 heteroatoms. The standard InChI is InChI=1S/C20H19N5O2S/c1-12(13-5-3-2-4-6-13)18-24-16-14(19(27)25-18)7-8-21-17(16)15-11-28-20(23-15)22-9-10-26/h2-8,11-12,26H,9-10H2,1H3,(H,22,23)(H,24,25,27). The molecule has 0 saturated carbocycles. The molecule has 4 rings (SSSR count). The second-order valence-corrected chi connectivity index (χ2v) is 7.19. The zero-order valence-electron chi connectivity index (χ0n) is 15.2. The molecule has 3 N–H and O–H groups in total. The van der Waals surface area contributed by atoms with E-state index in [1.807, 2.05) is 42.6 Å². The number of fused-ring (bicyclic) bond motifs is 1. The average molecular weight is 393 g/mol. The SMILES string of the molecule is CC(c1ccccc1)c1nc2c(-c3csc(NCCO)n3)nccc2c(=O)[nH]1. The number of hydrogen-bond donors (Lipinski definition) is 3. The van der Waals surface area contributed by atoms with E-state index in [-0.39, 0.29) is 18.1 Å². The predicted molar refractivity (Wildman–Crippen MR) is 111 cm³/mol. The van der Waals surface area contributed by atoms with Gasteiger partial charge in [0.05, 0.1) is 12.0 Å². The molecule has 7 nitrogen and oxygen atoms in total. The molecule has 3 aromatic heterocycles. The third-order valence-corrected chi connectivity index (χ3v) is 5.29. The van der Waals surface area contributed by atoms with Crippen LogP contribution in [0.2, 0.25) is 0 Å². The Morgan fingerprint density at radius 2 is 2.04 bits per heavy atom. The van der Waals surface area contributed by atoms with Crippen LogP contribution >= 0.6 is 11.3 Å². The Hall–Kier alpha value is -3.10. The van der Waals surface area contributed by atoms with Gasteiger partial charge in [-0.2, -0.15) is 0 Å². The van der Waals surface area contributed by atoms with Gasteiger partial charge in [0, 0.05) is 24.0 Å². The first-order valence-electron chi connectivity index (χ1n) is 8.92. The molecule has 1 aromatic carbocycles. The minimum atomic E-state index is -0.194. The van der Waals surface area contributed by atoms with E-state index in [0.717, 1.165) is 5.56 Å². The van der Waals surface area contributed by atoms with E-state index in [1.54, 1.807) is 12.3 Å². The minimum absolute atomic E-state index is 0.0269. The largest absolute Gasteiger partial charge is 0.395 e. The second kappa shape index (κ2) is 7.87. The van der Waals surface area contributed by atoms with E-state index in [4.69, 9.17) is 10.1 Å². The highest BCUT2D eigenvalue weighted by Crippen LogP contribution is 2.28. The van der Waals surface area contributed by atoms with Crippen molar-refractivity contribution < 1.29 is 5.11 Å². The highest BCUT2D eigenvalue weighted by Gasteiger charge is 2.17. The van der Waals surface area contributed by atoms with Crippen molar-refractivity contribution >= 4 is 27.4 Å². The van der Waals surface area contributed by atoms with E-state index in [2.05, 4.69) is 20.3 Å². The maximum atomic E-state index is 12.7. The number of H-pyrrole nitrogens is 1. The highest BCUT2D eigenvalue weighted by atomic mass is 32.1. The number of thiazole rings is 1. The molecule has 0 fully saturated rings. The molecule has 3 heterocycles. The number of benzene rings is 1. The van der Waals surface area contributed by atoms with Gasteiger partial charge < -0.3 is 15.4 Å². The molecule has 0 radical (unpaired) electrons. The molecule has 0 aliphatic heterocycles. The summed E-state index contributed by atoms with van der Waals surface area (Å²) in [5, 5.41) is 15.0. The van der Waals surface area contributed by atoms with Gasteiger partial charge >= 0.3 is 0 Å². The van der Waals surface area contributed by atoms with Crippen LogP contribution in [0.5, 0.6) is 0 Å². The average Bonchev–Trinajstić information content (AvgIpc) is 3.20. The van der Waals surface area contributed by atoms with E-state index in [0.29, 0.717) is 39.8 Å². The van der Waals surface area contributed by atoms with Crippen LogP contribution in [0.3, 0.4) is 0 Å². The lowest BCUT2D eigenvalue weighted by atomic mass is 10.0. The molecule has 4 aromatic rings. The lowest BCUT2D eigenvalue weighted by molar-refractivity contribution is 0.311. The van der Waals surface area contributed by atoms with Crippen molar-refractivity contribution in [3.63, 3.8) is 0 Å². The van der Waals surface area contributed by atoms with Crippen molar-refractivity contribution in [2.75, 3.05) is 18.5 Å². The second-order valence-electron chi connectivity index (χ2n) is 6.33. The van der Waals surface area contributed by atoms with Crippen molar-refractivity contribution in [2.45, 2.75) is 12.8 Å². The minimum Gasteiger partial charge on any atom is -0.395 e. The van der Waals surface area contributed by atoms with Gasteiger partial charge in [0.2, 0.25) is 0 Å². The van der Waals surface area contributed by atoms with Gasteiger partial charge in [0.25, 0.3) is 5.56 Å². The maximum absolute atomic E-state index is 12.7. The number of aromatic nitrogens is 4. The summed E-state index contributed by atoms with van der Waals surface area (Å²) in [6.45, 7) is 2.46. The Morgan fingerprint density at radius 3 is 2.82 bits per heavy atom. The summed E-state index contributed by atoms with van der Waals surface area (Å²) in [6, 6.07) is 11.6. The molecular formula is C20H19N5O2S. The summed E-state index contributed by atoms with van der Waals surface area (Å²) in [4.78, 5) is 29.3. The Morgan fingerprint density at radius 1 is 1.21 bits per heavy atom. The molecule has 0 spiro atoms. The van der Waals surface area contributed by atoms with Crippen molar-refractivity contribution in [3.8, 4) is 11.4 Å². The molecule has 0 saturated heterocycles. The summed E-state index contributed by atoms with van der Waals surface area (Å²) in [5.74, 6) is 0.524. The monoisotopic (exact) mass is 393 g/mol. The molecule has 0 aliphatic rings. The maximum Gasteiger partial charge on any atom is 0.258 e. The van der Waals surface area contributed by atoms with Crippen LogP contribution in [-0.2, 0) is 0 Å². The Balaban J connectivity index is 1.81. The predicted octanol–water partition coefficient (Wildman–Crippen LogP) is 3.00. The Bertz CT molecular complexity index is 1160. The normalized spacial score (nSPS) is 12.2. The third-order valence-electron chi connectivity index (χ3n) is 4.49. The van der Waals surface area contributed by atoms with Crippen LogP contribution in [0.15, 0.2) is 52.8 Å². The van der Waals surface area contributed by atoms with Crippen LogP contribution in [-0.4, -0.2) is 38.2 Å². The first kappa shape index (κ1) is 18.3. The van der Waals surface area contributed by atoms with Crippen molar-refractivity contribution in [1.82, 2.24) is 19.9 Å². The van der Waals surface area contributed by atoms with E-state index in [9.17, 15) is 4.79 Å². The summed E-state index contributed by atoms with van der Waals surface area (Å²) < 4.78 is 0. The number of anilines is 1. The lowest BCUT2D eigenvalue weighted by Gasteiger charge is -2.12. The lowest BCUT2D eigenvalue weighted by Crippen LogP contribution is -2.15. The number of nitrogens with zero attached hydrogens (tertiary/aromatic N) is 3. The van der Waals surface area contributed by atoms with Crippen molar-refractivity contribution in [2.24, 2.45) is 0 Å². The number of aromatic amines is 1. The van der Waals surface area contributed by atoms with E-state index < -0.39 is 0 Å². The highest BCUT2D eigenvalue weighted by molar-refractivity contribution is 7.14. The molecular weight excluding hydrogens is 374 g/mol.